The van der Waals surface area contributed by atoms with E-state index in [1.54, 1.807) is 11.1 Å². The standard InChI is InChI=1S/C41H32N2/c1-3-12-28(13-4-1)41-42-25-24-40(43-41)31-15-11-14-29(26-31)32-16-5-2-6-17-33(32)30-22-23-38-36-20-8-7-18-34(36)35-19-9-10-21-37(35)39(38)27-30/h1,3-6,8,10-17,20-27H,2,7,9,18-19H2. The minimum Gasteiger partial charge on any atom is -0.237 e. The average Bonchev–Trinajstić information content (AvgIpc) is 3.35. The van der Waals surface area contributed by atoms with Gasteiger partial charge in [0.05, 0.1) is 5.69 Å². The van der Waals surface area contributed by atoms with Crippen molar-refractivity contribution >= 4 is 34.1 Å². The second-order valence-corrected chi connectivity index (χ2v) is 11.5. The summed E-state index contributed by atoms with van der Waals surface area (Å²) in [6, 6.07) is 28.1. The van der Waals surface area contributed by atoms with Crippen LogP contribution in [-0.4, -0.2) is 9.97 Å². The van der Waals surface area contributed by atoms with E-state index in [1.807, 2.05) is 30.5 Å². The highest BCUT2D eigenvalue weighted by atomic mass is 14.9. The van der Waals surface area contributed by atoms with E-state index < -0.39 is 0 Å². The summed E-state index contributed by atoms with van der Waals surface area (Å²) in [4.78, 5) is 9.48. The summed E-state index contributed by atoms with van der Waals surface area (Å²) in [5.41, 5.74) is 13.9. The van der Waals surface area contributed by atoms with Crippen LogP contribution in [0.25, 0.3) is 56.7 Å². The summed E-state index contributed by atoms with van der Waals surface area (Å²) in [6.45, 7) is 0. The molecule has 8 rings (SSSR count). The van der Waals surface area contributed by atoms with Gasteiger partial charge in [-0.3, -0.25) is 0 Å². The molecule has 0 amide bonds. The largest absolute Gasteiger partial charge is 0.237 e. The lowest BCUT2D eigenvalue weighted by molar-refractivity contribution is 0.911. The number of benzene rings is 4. The Balaban J connectivity index is 1.27. The molecule has 1 heterocycles. The quantitative estimate of drug-likeness (QED) is 0.222. The molecule has 3 aliphatic rings. The van der Waals surface area contributed by atoms with Crippen LogP contribution in [0.3, 0.4) is 0 Å². The third kappa shape index (κ3) is 4.70. The third-order valence-electron chi connectivity index (χ3n) is 8.90. The molecule has 0 bridgehead atoms. The van der Waals surface area contributed by atoms with Gasteiger partial charge in [-0.1, -0.05) is 109 Å². The predicted octanol–water partition coefficient (Wildman–Crippen LogP) is 10.3. The van der Waals surface area contributed by atoms with Crippen molar-refractivity contribution in [1.29, 1.82) is 0 Å². The normalized spacial score (nSPS) is 15.4. The molecule has 3 aliphatic carbocycles. The number of nitrogens with zero attached hydrogens (tertiary/aromatic N) is 2. The Labute approximate surface area is 253 Å². The summed E-state index contributed by atoms with van der Waals surface area (Å²) in [5.74, 6) is 0.742. The highest BCUT2D eigenvalue weighted by molar-refractivity contribution is 6.05. The Morgan fingerprint density at radius 2 is 1.19 bits per heavy atom. The Hall–Kier alpha value is -5.08. The zero-order valence-corrected chi connectivity index (χ0v) is 24.1. The molecule has 4 aromatic carbocycles. The number of hydrogen-bond acceptors (Lipinski definition) is 2. The number of fused-ring (bicyclic) bond motifs is 6. The van der Waals surface area contributed by atoms with Gasteiger partial charge in [0.1, 0.15) is 0 Å². The molecule has 1 aromatic heterocycles. The topological polar surface area (TPSA) is 25.8 Å². The van der Waals surface area contributed by atoms with Crippen LogP contribution in [0, 0.1) is 0 Å². The van der Waals surface area contributed by atoms with Crippen LogP contribution < -0.4 is 0 Å². The van der Waals surface area contributed by atoms with Gasteiger partial charge >= 0.3 is 0 Å². The lowest BCUT2D eigenvalue weighted by atomic mass is 9.80. The molecule has 0 unspecified atom stereocenters. The first-order chi connectivity index (χ1) is 21.3. The smallest absolute Gasteiger partial charge is 0.159 e. The van der Waals surface area contributed by atoms with Gasteiger partial charge in [-0.25, -0.2) is 9.97 Å². The molecular formula is C41H32N2. The van der Waals surface area contributed by atoms with Crippen molar-refractivity contribution in [2.24, 2.45) is 0 Å². The highest BCUT2D eigenvalue weighted by Gasteiger charge is 2.21. The number of allylic oxidation sites excluding steroid dienone is 8. The van der Waals surface area contributed by atoms with Gasteiger partial charge in [-0.15, -0.1) is 0 Å². The molecule has 206 valence electrons. The monoisotopic (exact) mass is 552 g/mol. The van der Waals surface area contributed by atoms with Crippen molar-refractivity contribution in [3.63, 3.8) is 0 Å². The van der Waals surface area contributed by atoms with Crippen molar-refractivity contribution in [3.8, 4) is 22.6 Å². The van der Waals surface area contributed by atoms with Gasteiger partial charge < -0.3 is 0 Å². The van der Waals surface area contributed by atoms with Crippen molar-refractivity contribution in [2.75, 3.05) is 0 Å². The zero-order valence-electron chi connectivity index (χ0n) is 24.1. The molecule has 2 heteroatoms. The number of hydrogen-bond donors (Lipinski definition) is 0. The van der Waals surface area contributed by atoms with E-state index >= 15 is 0 Å². The molecule has 2 nitrogen and oxygen atoms in total. The van der Waals surface area contributed by atoms with E-state index in [9.17, 15) is 0 Å². The summed E-state index contributed by atoms with van der Waals surface area (Å²) >= 11 is 0. The van der Waals surface area contributed by atoms with Crippen molar-refractivity contribution < 1.29 is 0 Å². The first-order valence-electron chi connectivity index (χ1n) is 15.3. The van der Waals surface area contributed by atoms with Gasteiger partial charge in [0.15, 0.2) is 5.82 Å². The molecule has 0 fully saturated rings. The molecule has 0 saturated carbocycles. The van der Waals surface area contributed by atoms with Crippen LogP contribution in [0.5, 0.6) is 0 Å². The molecule has 43 heavy (non-hydrogen) atoms. The Morgan fingerprint density at radius 3 is 1.95 bits per heavy atom. The first-order valence-corrected chi connectivity index (χ1v) is 15.3. The minimum absolute atomic E-state index is 0.742. The van der Waals surface area contributed by atoms with Gasteiger partial charge in [0.2, 0.25) is 0 Å². The fourth-order valence-corrected chi connectivity index (χ4v) is 6.85. The molecule has 0 atom stereocenters. The van der Waals surface area contributed by atoms with E-state index in [0.717, 1.165) is 54.7 Å². The fraction of sp³-hybridized carbons (Fsp3) is 0.122. The number of aromatic nitrogens is 2. The summed E-state index contributed by atoms with van der Waals surface area (Å²) in [6.07, 6.45) is 25.9. The molecule has 0 radical (unpaired) electrons. The van der Waals surface area contributed by atoms with Gasteiger partial charge in [0.25, 0.3) is 0 Å². The van der Waals surface area contributed by atoms with Crippen LogP contribution in [0.2, 0.25) is 0 Å². The van der Waals surface area contributed by atoms with Crippen molar-refractivity contribution in [1.82, 2.24) is 9.97 Å². The van der Waals surface area contributed by atoms with E-state index in [4.69, 9.17) is 4.98 Å². The van der Waals surface area contributed by atoms with Gasteiger partial charge in [0, 0.05) is 17.3 Å². The lowest BCUT2D eigenvalue weighted by Crippen LogP contribution is -2.07. The molecule has 0 aliphatic heterocycles. The lowest BCUT2D eigenvalue weighted by Gasteiger charge is -2.24. The molecule has 0 N–H and O–H groups in total. The third-order valence-corrected chi connectivity index (χ3v) is 8.90. The minimum atomic E-state index is 0.742. The van der Waals surface area contributed by atoms with E-state index in [2.05, 4.69) is 108 Å². The molecule has 0 saturated heterocycles. The van der Waals surface area contributed by atoms with Crippen molar-refractivity contribution in [3.05, 3.63) is 155 Å². The molecule has 0 spiro atoms. The second kappa shape index (κ2) is 11.0. The van der Waals surface area contributed by atoms with E-state index in [0.29, 0.717) is 0 Å². The predicted molar refractivity (Wildman–Crippen MR) is 181 cm³/mol. The summed E-state index contributed by atoms with van der Waals surface area (Å²) in [5, 5.41) is 2.74. The average molecular weight is 553 g/mol. The highest BCUT2D eigenvalue weighted by Crippen LogP contribution is 2.40. The SMILES string of the molecule is C1=CC(c2cccc(-c3ccnc(-c4ccccc4)n3)c2)=C(c2ccc3c4c(c5c(c3c2)C=CCC5)CCC=C4)C=CC1. The zero-order chi connectivity index (χ0) is 28.6. The first kappa shape index (κ1) is 25.6. The van der Waals surface area contributed by atoms with Gasteiger partial charge in [-0.2, -0.15) is 0 Å². The summed E-state index contributed by atoms with van der Waals surface area (Å²) in [7, 11) is 0. The Bertz CT molecular complexity index is 2040. The molecule has 5 aromatic rings. The van der Waals surface area contributed by atoms with E-state index in [-0.39, 0.29) is 0 Å². The fourth-order valence-electron chi connectivity index (χ4n) is 6.85. The maximum Gasteiger partial charge on any atom is 0.159 e. The van der Waals surface area contributed by atoms with Crippen LogP contribution in [0.15, 0.2) is 122 Å². The Kier molecular flexibility index (Phi) is 6.53. The summed E-state index contributed by atoms with van der Waals surface area (Å²) < 4.78 is 0. The van der Waals surface area contributed by atoms with Crippen LogP contribution >= 0.6 is 0 Å². The Morgan fingerprint density at radius 1 is 0.512 bits per heavy atom. The second-order valence-electron chi connectivity index (χ2n) is 11.5. The van der Waals surface area contributed by atoms with E-state index in [1.165, 1.54) is 44.2 Å². The van der Waals surface area contributed by atoms with Crippen molar-refractivity contribution in [2.45, 2.75) is 32.1 Å². The number of rotatable bonds is 4. The van der Waals surface area contributed by atoms with Gasteiger partial charge in [-0.05, 0) is 106 Å². The maximum absolute atomic E-state index is 4.93. The van der Waals surface area contributed by atoms with Crippen LogP contribution in [0.1, 0.15) is 52.6 Å². The van der Waals surface area contributed by atoms with Crippen LogP contribution in [-0.2, 0) is 12.8 Å². The molecular weight excluding hydrogens is 520 g/mol. The van der Waals surface area contributed by atoms with Crippen LogP contribution in [0.4, 0.5) is 0 Å². The maximum atomic E-state index is 4.93.